The molecule has 3 rings (SSSR count). The monoisotopic (exact) mass is 348 g/mol. The molecule has 0 aliphatic carbocycles. The van der Waals surface area contributed by atoms with Crippen molar-refractivity contribution in [1.29, 1.82) is 0 Å². The molecule has 0 aliphatic heterocycles. The first kappa shape index (κ1) is 15.7. The van der Waals surface area contributed by atoms with Crippen LogP contribution in [0.15, 0.2) is 46.8 Å². The number of nitrogens with zero attached hydrogens (tertiary/aromatic N) is 2. The van der Waals surface area contributed by atoms with Gasteiger partial charge in [-0.1, -0.05) is 23.7 Å². The van der Waals surface area contributed by atoms with Crippen LogP contribution >= 0.6 is 22.9 Å². The number of carbonyl (C=O) groups excluding carboxylic acids is 1. The van der Waals surface area contributed by atoms with Gasteiger partial charge in [-0.15, -0.1) is 11.3 Å². The Morgan fingerprint density at radius 3 is 3.04 bits per heavy atom. The van der Waals surface area contributed by atoms with E-state index in [2.05, 4.69) is 4.98 Å². The van der Waals surface area contributed by atoms with Crippen LogP contribution in [0.3, 0.4) is 0 Å². The third-order valence-corrected chi connectivity index (χ3v) is 4.35. The standard InChI is InChI=1S/C16H13ClN2O3S/c17-12-3-1-2-11(8-12)9-22-14(20)4-6-19-10-18-15-13(16(19)21)5-7-23-15/h1-3,5,7-8,10H,4,6,9H2. The van der Waals surface area contributed by atoms with E-state index in [1.807, 2.05) is 11.4 Å². The van der Waals surface area contributed by atoms with Crippen molar-refractivity contribution in [2.45, 2.75) is 19.6 Å². The summed E-state index contributed by atoms with van der Waals surface area (Å²) in [6.45, 7) is 0.405. The van der Waals surface area contributed by atoms with E-state index in [-0.39, 0.29) is 31.1 Å². The molecule has 0 aliphatic rings. The maximum atomic E-state index is 12.2. The van der Waals surface area contributed by atoms with Crippen molar-refractivity contribution in [2.24, 2.45) is 0 Å². The highest BCUT2D eigenvalue weighted by atomic mass is 35.5. The van der Waals surface area contributed by atoms with Gasteiger partial charge >= 0.3 is 5.97 Å². The number of thiophene rings is 1. The van der Waals surface area contributed by atoms with Crippen molar-refractivity contribution in [2.75, 3.05) is 0 Å². The lowest BCUT2D eigenvalue weighted by Gasteiger charge is -2.07. The summed E-state index contributed by atoms with van der Waals surface area (Å²) < 4.78 is 6.61. The van der Waals surface area contributed by atoms with Crippen LogP contribution in [0.4, 0.5) is 0 Å². The maximum Gasteiger partial charge on any atom is 0.307 e. The highest BCUT2D eigenvalue weighted by Crippen LogP contribution is 2.14. The Morgan fingerprint density at radius 1 is 1.35 bits per heavy atom. The Morgan fingerprint density at radius 2 is 2.22 bits per heavy atom. The number of aryl methyl sites for hydroxylation is 1. The van der Waals surface area contributed by atoms with E-state index in [4.69, 9.17) is 16.3 Å². The number of benzene rings is 1. The molecule has 0 saturated heterocycles. The van der Waals surface area contributed by atoms with E-state index in [1.54, 1.807) is 24.3 Å². The molecule has 0 fully saturated rings. The number of rotatable bonds is 5. The van der Waals surface area contributed by atoms with Gasteiger partial charge < -0.3 is 4.74 Å². The van der Waals surface area contributed by atoms with Gasteiger partial charge in [-0.2, -0.15) is 0 Å². The van der Waals surface area contributed by atoms with Crippen LogP contribution in [0.25, 0.3) is 10.2 Å². The second kappa shape index (κ2) is 6.93. The first-order valence-electron chi connectivity index (χ1n) is 6.96. The van der Waals surface area contributed by atoms with Gasteiger partial charge in [0.05, 0.1) is 18.1 Å². The van der Waals surface area contributed by atoms with Gasteiger partial charge in [-0.05, 0) is 29.1 Å². The zero-order valence-corrected chi connectivity index (χ0v) is 13.6. The smallest absolute Gasteiger partial charge is 0.307 e. The lowest BCUT2D eigenvalue weighted by molar-refractivity contribution is -0.145. The summed E-state index contributed by atoms with van der Waals surface area (Å²) in [7, 11) is 0. The molecule has 3 aromatic rings. The molecule has 0 radical (unpaired) electrons. The minimum absolute atomic E-state index is 0.109. The average molecular weight is 349 g/mol. The van der Waals surface area contributed by atoms with E-state index < -0.39 is 0 Å². The molecular formula is C16H13ClN2O3S. The Labute approximate surface area is 141 Å². The number of hydrogen-bond donors (Lipinski definition) is 0. The number of hydrogen-bond acceptors (Lipinski definition) is 5. The predicted molar refractivity (Wildman–Crippen MR) is 89.7 cm³/mol. The normalized spacial score (nSPS) is 10.8. The summed E-state index contributed by atoms with van der Waals surface area (Å²) in [5.74, 6) is -0.373. The van der Waals surface area contributed by atoms with E-state index in [0.29, 0.717) is 15.2 Å². The molecule has 7 heteroatoms. The fourth-order valence-corrected chi connectivity index (χ4v) is 3.06. The molecule has 23 heavy (non-hydrogen) atoms. The van der Waals surface area contributed by atoms with Crippen LogP contribution in [0.2, 0.25) is 5.02 Å². The maximum absolute atomic E-state index is 12.2. The van der Waals surface area contributed by atoms with Crippen LogP contribution < -0.4 is 5.56 Å². The molecule has 2 aromatic heterocycles. The summed E-state index contributed by atoms with van der Waals surface area (Å²) in [6.07, 6.45) is 1.57. The zero-order chi connectivity index (χ0) is 16.2. The number of ether oxygens (including phenoxy) is 1. The summed E-state index contributed by atoms with van der Waals surface area (Å²) in [5.41, 5.74) is 0.684. The number of fused-ring (bicyclic) bond motifs is 1. The predicted octanol–water partition coefficient (Wildman–Crippen LogP) is 3.24. The molecule has 2 heterocycles. The molecule has 1 aromatic carbocycles. The fraction of sp³-hybridized carbons (Fsp3) is 0.188. The third-order valence-electron chi connectivity index (χ3n) is 3.30. The van der Waals surface area contributed by atoms with Crippen LogP contribution in [-0.2, 0) is 22.7 Å². The minimum atomic E-state index is -0.373. The van der Waals surface area contributed by atoms with Crippen LogP contribution in [0.1, 0.15) is 12.0 Å². The number of aromatic nitrogens is 2. The van der Waals surface area contributed by atoms with Crippen molar-refractivity contribution in [1.82, 2.24) is 9.55 Å². The van der Waals surface area contributed by atoms with Crippen LogP contribution in [0.5, 0.6) is 0 Å². The molecule has 0 N–H and O–H groups in total. The molecule has 0 bridgehead atoms. The Bertz CT molecular complexity index is 903. The van der Waals surface area contributed by atoms with Crippen LogP contribution in [0, 0.1) is 0 Å². The van der Waals surface area contributed by atoms with E-state index in [9.17, 15) is 9.59 Å². The fourth-order valence-electron chi connectivity index (χ4n) is 2.13. The van der Waals surface area contributed by atoms with Crippen molar-refractivity contribution >= 4 is 39.1 Å². The second-order valence-electron chi connectivity index (χ2n) is 4.92. The Hall–Kier alpha value is -2.18. The third kappa shape index (κ3) is 3.78. The van der Waals surface area contributed by atoms with Gasteiger partial charge in [0.15, 0.2) is 0 Å². The lowest BCUT2D eigenvalue weighted by Crippen LogP contribution is -2.21. The first-order chi connectivity index (χ1) is 11.1. The molecule has 5 nitrogen and oxygen atoms in total. The quantitative estimate of drug-likeness (QED) is 0.664. The van der Waals surface area contributed by atoms with Gasteiger partial charge in [-0.3, -0.25) is 14.2 Å². The zero-order valence-electron chi connectivity index (χ0n) is 12.1. The van der Waals surface area contributed by atoms with Crippen LogP contribution in [-0.4, -0.2) is 15.5 Å². The second-order valence-corrected chi connectivity index (χ2v) is 6.25. The van der Waals surface area contributed by atoms with Gasteiger partial charge in [0.25, 0.3) is 5.56 Å². The molecule has 118 valence electrons. The molecule has 0 saturated carbocycles. The van der Waals surface area contributed by atoms with Crippen molar-refractivity contribution in [3.05, 3.63) is 63.0 Å². The Kier molecular flexibility index (Phi) is 4.73. The Balaban J connectivity index is 1.58. The van der Waals surface area contributed by atoms with E-state index >= 15 is 0 Å². The summed E-state index contributed by atoms with van der Waals surface area (Å²) in [4.78, 5) is 28.9. The lowest BCUT2D eigenvalue weighted by atomic mass is 10.2. The number of halogens is 1. The van der Waals surface area contributed by atoms with Crippen molar-refractivity contribution in [3.8, 4) is 0 Å². The molecular weight excluding hydrogens is 336 g/mol. The van der Waals surface area contributed by atoms with E-state index in [0.717, 1.165) is 5.56 Å². The molecule has 0 unspecified atom stereocenters. The highest BCUT2D eigenvalue weighted by Gasteiger charge is 2.08. The topological polar surface area (TPSA) is 61.2 Å². The minimum Gasteiger partial charge on any atom is -0.461 e. The summed E-state index contributed by atoms with van der Waals surface area (Å²) in [5, 5.41) is 2.99. The van der Waals surface area contributed by atoms with Gasteiger partial charge in [0.1, 0.15) is 11.4 Å². The van der Waals surface area contributed by atoms with Gasteiger partial charge in [0, 0.05) is 11.6 Å². The summed E-state index contributed by atoms with van der Waals surface area (Å²) in [6, 6.07) is 8.87. The largest absolute Gasteiger partial charge is 0.461 e. The van der Waals surface area contributed by atoms with E-state index in [1.165, 1.54) is 22.2 Å². The van der Waals surface area contributed by atoms with Gasteiger partial charge in [0.2, 0.25) is 0 Å². The number of carbonyl (C=O) groups is 1. The van der Waals surface area contributed by atoms with Crippen molar-refractivity contribution < 1.29 is 9.53 Å². The first-order valence-corrected chi connectivity index (χ1v) is 8.22. The average Bonchev–Trinajstić information content (AvgIpc) is 3.02. The molecule has 0 spiro atoms. The highest BCUT2D eigenvalue weighted by molar-refractivity contribution is 7.16. The number of esters is 1. The molecule has 0 atom stereocenters. The SMILES string of the molecule is O=C(CCn1cnc2sccc2c1=O)OCc1cccc(Cl)c1. The molecule has 0 amide bonds. The van der Waals surface area contributed by atoms with Crippen molar-refractivity contribution in [3.63, 3.8) is 0 Å². The summed E-state index contributed by atoms with van der Waals surface area (Å²) >= 11 is 7.29. The van der Waals surface area contributed by atoms with Gasteiger partial charge in [-0.25, -0.2) is 4.98 Å².